The van der Waals surface area contributed by atoms with E-state index in [4.69, 9.17) is 4.74 Å². The Morgan fingerprint density at radius 3 is 3.00 bits per heavy atom. The molecule has 1 aliphatic rings. The van der Waals surface area contributed by atoms with Gasteiger partial charge in [0.25, 0.3) is 0 Å². The van der Waals surface area contributed by atoms with Gasteiger partial charge in [-0.05, 0) is 25.5 Å². The maximum absolute atomic E-state index is 5.94. The molecule has 0 amide bonds. The topological polar surface area (TPSA) is 58.5 Å². The molecule has 5 nitrogen and oxygen atoms in total. The highest BCUT2D eigenvalue weighted by Crippen LogP contribution is 2.28. The lowest BCUT2D eigenvalue weighted by Crippen LogP contribution is -2.39. The molecule has 128 valence electrons. The van der Waals surface area contributed by atoms with Gasteiger partial charge in [-0.3, -0.25) is 0 Å². The van der Waals surface area contributed by atoms with Gasteiger partial charge in [-0.15, -0.1) is 11.3 Å². The van der Waals surface area contributed by atoms with Crippen LogP contribution in [0.4, 0.5) is 0 Å². The summed E-state index contributed by atoms with van der Waals surface area (Å²) in [4.78, 5) is 9.15. The van der Waals surface area contributed by atoms with Gasteiger partial charge in [0.2, 0.25) is 0 Å². The van der Waals surface area contributed by atoms with Gasteiger partial charge in [0.1, 0.15) is 11.9 Å². The Morgan fingerprint density at radius 1 is 1.38 bits per heavy atom. The molecule has 0 radical (unpaired) electrons. The number of aliphatic imine (C=N–C) groups is 1. The van der Waals surface area contributed by atoms with Gasteiger partial charge in [-0.2, -0.15) is 0 Å². The fourth-order valence-corrected chi connectivity index (χ4v) is 3.37. The first-order valence-electron chi connectivity index (χ1n) is 8.42. The molecule has 2 aromatic rings. The zero-order valence-corrected chi connectivity index (χ0v) is 15.0. The number of para-hydroxylation sites is 1. The fourth-order valence-electron chi connectivity index (χ4n) is 2.72. The predicted octanol–water partition coefficient (Wildman–Crippen LogP) is 2.55. The van der Waals surface area contributed by atoms with E-state index in [1.54, 1.807) is 11.3 Å². The van der Waals surface area contributed by atoms with Gasteiger partial charge in [-0.25, -0.2) is 9.98 Å². The molecular formula is C18H24N4OS. The Kier molecular flexibility index (Phi) is 5.69. The summed E-state index contributed by atoms with van der Waals surface area (Å²) in [6.45, 7) is 6.42. The van der Waals surface area contributed by atoms with E-state index in [-0.39, 0.29) is 6.10 Å². The van der Waals surface area contributed by atoms with Crippen molar-refractivity contribution >= 4 is 17.3 Å². The second-order valence-corrected chi connectivity index (χ2v) is 6.87. The number of aromatic nitrogens is 1. The lowest BCUT2D eigenvalue weighted by Gasteiger charge is -2.13. The van der Waals surface area contributed by atoms with Crippen LogP contribution >= 0.6 is 11.3 Å². The molecule has 2 N–H and O–H groups in total. The molecule has 2 heterocycles. The largest absolute Gasteiger partial charge is 0.488 e. The van der Waals surface area contributed by atoms with Crippen LogP contribution in [0.5, 0.6) is 5.75 Å². The molecule has 0 spiro atoms. The van der Waals surface area contributed by atoms with Crippen molar-refractivity contribution in [3.05, 3.63) is 45.9 Å². The van der Waals surface area contributed by atoms with Gasteiger partial charge >= 0.3 is 0 Å². The first kappa shape index (κ1) is 16.8. The number of nitrogens with one attached hydrogen (secondary N) is 2. The monoisotopic (exact) mass is 344 g/mol. The summed E-state index contributed by atoms with van der Waals surface area (Å²) in [5.74, 6) is 1.83. The number of aryl methyl sites for hydroxylation is 1. The van der Waals surface area contributed by atoms with Crippen molar-refractivity contribution in [2.24, 2.45) is 4.99 Å². The molecule has 0 aliphatic carbocycles. The van der Waals surface area contributed by atoms with Crippen molar-refractivity contribution in [1.29, 1.82) is 0 Å². The Morgan fingerprint density at radius 2 is 2.25 bits per heavy atom. The van der Waals surface area contributed by atoms with Crippen LogP contribution in [-0.4, -0.2) is 36.7 Å². The minimum Gasteiger partial charge on any atom is -0.488 e. The number of nitrogens with zero attached hydrogens (tertiary/aromatic N) is 2. The van der Waals surface area contributed by atoms with Gasteiger partial charge in [-0.1, -0.05) is 18.2 Å². The number of rotatable bonds is 6. The summed E-state index contributed by atoms with van der Waals surface area (Å²) in [7, 11) is 0. The highest BCUT2D eigenvalue weighted by Gasteiger charge is 2.21. The van der Waals surface area contributed by atoms with Crippen molar-refractivity contribution < 1.29 is 4.74 Å². The number of thiazole rings is 1. The third kappa shape index (κ3) is 4.47. The molecule has 0 saturated heterocycles. The van der Waals surface area contributed by atoms with E-state index in [9.17, 15) is 0 Å². The average molecular weight is 344 g/mol. The first-order chi connectivity index (χ1) is 11.7. The van der Waals surface area contributed by atoms with Crippen LogP contribution in [-0.2, 0) is 12.8 Å². The lowest BCUT2D eigenvalue weighted by molar-refractivity contribution is 0.241. The van der Waals surface area contributed by atoms with E-state index in [1.807, 2.05) is 19.1 Å². The Balaban J connectivity index is 1.49. The number of guanidine groups is 1. The third-order valence-corrected chi connectivity index (χ3v) is 4.67. The maximum atomic E-state index is 5.94. The second-order valence-electron chi connectivity index (χ2n) is 5.81. The minimum absolute atomic E-state index is 0.124. The van der Waals surface area contributed by atoms with E-state index in [0.29, 0.717) is 6.54 Å². The molecule has 0 fully saturated rings. The lowest BCUT2D eigenvalue weighted by atomic mass is 10.1. The van der Waals surface area contributed by atoms with Crippen LogP contribution in [0.15, 0.2) is 34.6 Å². The molecule has 1 atom stereocenters. The number of benzene rings is 1. The number of hydrogen-bond donors (Lipinski definition) is 2. The smallest absolute Gasteiger partial charge is 0.191 e. The molecule has 3 rings (SSSR count). The Hall–Kier alpha value is -2.08. The predicted molar refractivity (Wildman–Crippen MR) is 99.1 cm³/mol. The van der Waals surface area contributed by atoms with Crippen molar-refractivity contribution in [3.63, 3.8) is 0 Å². The van der Waals surface area contributed by atoms with Gasteiger partial charge < -0.3 is 15.4 Å². The van der Waals surface area contributed by atoms with Crippen molar-refractivity contribution in [1.82, 2.24) is 15.6 Å². The summed E-state index contributed by atoms with van der Waals surface area (Å²) in [5, 5.41) is 9.89. The zero-order valence-electron chi connectivity index (χ0n) is 14.2. The van der Waals surface area contributed by atoms with E-state index < -0.39 is 0 Å². The van der Waals surface area contributed by atoms with Gasteiger partial charge in [0.05, 0.1) is 17.2 Å². The van der Waals surface area contributed by atoms with Crippen molar-refractivity contribution in [3.8, 4) is 5.75 Å². The van der Waals surface area contributed by atoms with E-state index in [0.717, 1.165) is 48.3 Å². The van der Waals surface area contributed by atoms with Crippen LogP contribution in [0.1, 0.15) is 23.2 Å². The summed E-state index contributed by atoms with van der Waals surface area (Å²) in [6, 6.07) is 8.21. The molecule has 0 saturated carbocycles. The normalized spacial score (nSPS) is 16.6. The third-order valence-electron chi connectivity index (χ3n) is 3.85. The Labute approximate surface area is 147 Å². The van der Waals surface area contributed by atoms with Crippen molar-refractivity contribution in [2.45, 2.75) is 32.8 Å². The van der Waals surface area contributed by atoms with E-state index >= 15 is 0 Å². The highest BCUT2D eigenvalue weighted by atomic mass is 32.1. The number of fused-ring (bicyclic) bond motifs is 1. The van der Waals surface area contributed by atoms with Crippen LogP contribution < -0.4 is 15.4 Å². The quantitative estimate of drug-likeness (QED) is 0.625. The second kappa shape index (κ2) is 8.15. The summed E-state index contributed by atoms with van der Waals surface area (Å²) in [6.07, 6.45) is 1.95. The number of hydrogen-bond acceptors (Lipinski definition) is 4. The first-order valence-corrected chi connectivity index (χ1v) is 9.30. The summed E-state index contributed by atoms with van der Waals surface area (Å²) >= 11 is 1.69. The minimum atomic E-state index is 0.124. The van der Waals surface area contributed by atoms with Gasteiger partial charge in [0, 0.05) is 31.3 Å². The molecule has 1 unspecified atom stereocenters. The van der Waals surface area contributed by atoms with Crippen LogP contribution in [0.3, 0.4) is 0 Å². The van der Waals surface area contributed by atoms with E-state index in [1.165, 1.54) is 5.56 Å². The van der Waals surface area contributed by atoms with Gasteiger partial charge in [0.15, 0.2) is 5.96 Å². The summed E-state index contributed by atoms with van der Waals surface area (Å²) < 4.78 is 5.94. The SMILES string of the molecule is CCNC(=NCC1Cc2ccccc2O1)NCCc1csc(C)n1. The zero-order chi connectivity index (χ0) is 16.8. The average Bonchev–Trinajstić information content (AvgIpc) is 3.18. The van der Waals surface area contributed by atoms with Crippen molar-refractivity contribution in [2.75, 3.05) is 19.6 Å². The molecular weight excluding hydrogens is 320 g/mol. The molecule has 1 aromatic heterocycles. The summed E-state index contributed by atoms with van der Waals surface area (Å²) in [5.41, 5.74) is 2.41. The molecule has 1 aromatic carbocycles. The van der Waals surface area contributed by atoms with Crippen LogP contribution in [0.25, 0.3) is 0 Å². The van der Waals surface area contributed by atoms with Crippen LogP contribution in [0.2, 0.25) is 0 Å². The standard InChI is InChI=1S/C18H24N4OS/c1-3-19-18(20-9-8-15-12-24-13(2)22-15)21-11-16-10-14-6-4-5-7-17(14)23-16/h4-7,12,16H,3,8-11H2,1-2H3,(H2,19,20,21). The maximum Gasteiger partial charge on any atom is 0.191 e. The number of ether oxygens (including phenoxy) is 1. The Bertz CT molecular complexity index is 673. The molecule has 1 aliphatic heterocycles. The van der Waals surface area contributed by atoms with Crippen LogP contribution in [0, 0.1) is 6.92 Å². The molecule has 24 heavy (non-hydrogen) atoms. The molecule has 0 bridgehead atoms. The fraction of sp³-hybridized carbons (Fsp3) is 0.444. The van der Waals surface area contributed by atoms with E-state index in [2.05, 4.69) is 45.0 Å². The molecule has 6 heteroatoms. The highest BCUT2D eigenvalue weighted by molar-refractivity contribution is 7.09.